The summed E-state index contributed by atoms with van der Waals surface area (Å²) < 4.78 is 23.0. The number of alkyl carbamates (subject to hydrolysis) is 1. The number of nitrogens with one attached hydrogen (secondary N) is 2. The molecule has 0 aliphatic heterocycles. The lowest BCUT2D eigenvalue weighted by Crippen LogP contribution is -2.44. The van der Waals surface area contributed by atoms with E-state index < -0.39 is 37.1 Å². The van der Waals surface area contributed by atoms with Crippen LogP contribution >= 0.6 is 11.6 Å². The van der Waals surface area contributed by atoms with Gasteiger partial charge in [-0.05, 0) is 47.0 Å². The van der Waals surface area contributed by atoms with Gasteiger partial charge in [-0.2, -0.15) is 5.26 Å². The fourth-order valence-electron chi connectivity index (χ4n) is 3.41. The lowest BCUT2D eigenvalue weighted by molar-refractivity contribution is -0.145. The third kappa shape index (κ3) is 8.03. The van der Waals surface area contributed by atoms with Crippen molar-refractivity contribution in [2.75, 3.05) is 18.5 Å². The normalized spacial score (nSPS) is 11.1. The molecule has 0 aromatic heterocycles. The Labute approximate surface area is 222 Å². The molecule has 0 saturated heterocycles. The summed E-state index contributed by atoms with van der Waals surface area (Å²) >= 11 is 6.40. The molecule has 3 aromatic rings. The zero-order chi connectivity index (χ0) is 27.5. The Morgan fingerprint density at radius 3 is 2.45 bits per heavy atom. The maximum atomic E-state index is 13.1. The van der Waals surface area contributed by atoms with Gasteiger partial charge in [0.15, 0.2) is 12.6 Å². The molecule has 3 N–H and O–H groups in total. The van der Waals surface area contributed by atoms with Crippen LogP contribution in [0.15, 0.2) is 66.7 Å². The molecule has 0 fully saturated rings. The molecule has 11 heteroatoms. The Hall–Kier alpha value is -4.46. The number of carbonyl (C=O) groups excluding carboxylic acids is 3. The number of benzene rings is 3. The minimum absolute atomic E-state index is 0.0373. The van der Waals surface area contributed by atoms with Crippen LogP contribution in [-0.2, 0) is 32.1 Å². The molecule has 3 rings (SSSR count). The third-order valence-electron chi connectivity index (χ3n) is 5.23. The van der Waals surface area contributed by atoms with Gasteiger partial charge in [-0.25, -0.2) is 14.0 Å². The molecule has 0 radical (unpaired) electrons. The second-order valence-corrected chi connectivity index (χ2v) is 8.33. The van der Waals surface area contributed by atoms with E-state index in [1.165, 1.54) is 24.3 Å². The molecule has 196 valence electrons. The van der Waals surface area contributed by atoms with Crippen molar-refractivity contribution in [1.29, 1.82) is 5.26 Å². The first-order valence-electron chi connectivity index (χ1n) is 11.3. The van der Waals surface area contributed by atoms with E-state index in [1.54, 1.807) is 48.5 Å². The molecule has 9 nitrogen and oxygen atoms in total. The summed E-state index contributed by atoms with van der Waals surface area (Å²) in [5.74, 6) is -1.69. The number of nitriles is 1. The van der Waals surface area contributed by atoms with E-state index in [2.05, 4.69) is 15.4 Å². The first-order chi connectivity index (χ1) is 18.3. The van der Waals surface area contributed by atoms with Gasteiger partial charge in [0, 0.05) is 16.3 Å². The highest BCUT2D eigenvalue weighted by molar-refractivity contribution is 6.33. The number of hydrogen-bond donors (Lipinski definition) is 3. The molecule has 0 heterocycles. The topological polar surface area (TPSA) is 138 Å². The number of aliphatic hydroxyl groups excluding tert-OH is 1. The van der Waals surface area contributed by atoms with Crippen molar-refractivity contribution in [3.63, 3.8) is 0 Å². The van der Waals surface area contributed by atoms with E-state index in [1.807, 2.05) is 0 Å². The average molecular weight is 540 g/mol. The zero-order valence-electron chi connectivity index (χ0n) is 19.9. The van der Waals surface area contributed by atoms with Crippen LogP contribution in [0.3, 0.4) is 0 Å². The number of hydrogen-bond acceptors (Lipinski definition) is 7. The molecule has 0 bridgehead atoms. The van der Waals surface area contributed by atoms with Gasteiger partial charge in [-0.3, -0.25) is 4.79 Å². The molecule has 0 aliphatic carbocycles. The minimum atomic E-state index is -1.41. The predicted molar refractivity (Wildman–Crippen MR) is 136 cm³/mol. The van der Waals surface area contributed by atoms with Crippen molar-refractivity contribution < 1.29 is 33.4 Å². The van der Waals surface area contributed by atoms with Crippen LogP contribution in [0.2, 0.25) is 5.02 Å². The number of esters is 1. The van der Waals surface area contributed by atoms with Crippen molar-refractivity contribution >= 4 is 35.3 Å². The summed E-state index contributed by atoms with van der Waals surface area (Å²) in [4.78, 5) is 36.6. The molecule has 2 amide bonds. The second-order valence-electron chi connectivity index (χ2n) is 7.92. The lowest BCUT2D eigenvalue weighted by Gasteiger charge is -2.16. The van der Waals surface area contributed by atoms with Crippen molar-refractivity contribution in [2.24, 2.45) is 0 Å². The number of amides is 2. The quantitative estimate of drug-likeness (QED) is 0.331. The number of anilines is 1. The van der Waals surface area contributed by atoms with Crippen LogP contribution in [0, 0.1) is 17.1 Å². The fraction of sp³-hybridized carbons (Fsp3) is 0.185. The van der Waals surface area contributed by atoms with Crippen LogP contribution in [-0.4, -0.2) is 42.3 Å². The summed E-state index contributed by atoms with van der Waals surface area (Å²) in [7, 11) is 0. The van der Waals surface area contributed by atoms with Gasteiger partial charge in [0.2, 0.25) is 5.91 Å². The first kappa shape index (κ1) is 28.1. The number of ether oxygens (including phenoxy) is 2. The van der Waals surface area contributed by atoms with E-state index in [0.29, 0.717) is 33.0 Å². The van der Waals surface area contributed by atoms with E-state index in [9.17, 15) is 23.9 Å². The maximum Gasteiger partial charge on any atom is 0.408 e. The number of carbonyl (C=O) groups is 3. The Bertz CT molecular complexity index is 1340. The lowest BCUT2D eigenvalue weighted by atomic mass is 9.99. The molecular formula is C27H23ClFN3O6. The van der Waals surface area contributed by atoms with E-state index in [-0.39, 0.29) is 18.9 Å². The highest BCUT2D eigenvalue weighted by atomic mass is 35.5. The van der Waals surface area contributed by atoms with Gasteiger partial charge in [0.25, 0.3) is 0 Å². The average Bonchev–Trinajstić information content (AvgIpc) is 2.91. The molecule has 38 heavy (non-hydrogen) atoms. The van der Waals surface area contributed by atoms with Crippen LogP contribution < -0.4 is 10.6 Å². The predicted octanol–water partition coefficient (Wildman–Crippen LogP) is 3.98. The smallest absolute Gasteiger partial charge is 0.408 e. The largest absolute Gasteiger partial charge is 0.449 e. The third-order valence-corrected chi connectivity index (χ3v) is 5.56. The second kappa shape index (κ2) is 13.7. The number of aliphatic hydroxyl groups is 1. The standard InChI is InChI=1S/C27H23ClFN3O6/c28-23-4-2-1-3-21(23)22-14-20(31-25(34)13-17-5-8-19(29)9-6-17)10-7-18(22)16-38-27(36)32-24(15-33)26(35)37-12-11-30/h1-10,14,24,33H,12-13,15-16H2,(H,31,34)(H,32,36)/t24-/m0/s1. The molecule has 0 unspecified atom stereocenters. The maximum absolute atomic E-state index is 13.1. The minimum Gasteiger partial charge on any atom is -0.449 e. The molecule has 0 aliphatic rings. The van der Waals surface area contributed by atoms with Crippen molar-refractivity contribution in [1.82, 2.24) is 5.32 Å². The van der Waals surface area contributed by atoms with Gasteiger partial charge >= 0.3 is 12.1 Å². The van der Waals surface area contributed by atoms with Crippen LogP contribution in [0.5, 0.6) is 0 Å². The van der Waals surface area contributed by atoms with Crippen molar-refractivity contribution in [3.8, 4) is 17.2 Å². The number of halogens is 2. The van der Waals surface area contributed by atoms with Gasteiger partial charge in [-0.15, -0.1) is 0 Å². The molecule has 1 atom stereocenters. The van der Waals surface area contributed by atoms with Gasteiger partial charge in [0.05, 0.1) is 13.0 Å². The molecule has 0 spiro atoms. The Kier molecular flexibility index (Phi) is 10.2. The highest BCUT2D eigenvalue weighted by Crippen LogP contribution is 2.33. The monoisotopic (exact) mass is 539 g/mol. The van der Waals surface area contributed by atoms with Gasteiger partial charge in [0.1, 0.15) is 18.5 Å². The summed E-state index contributed by atoms with van der Waals surface area (Å²) in [5.41, 5.74) is 2.84. The van der Waals surface area contributed by atoms with Gasteiger partial charge in [-0.1, -0.05) is 48.0 Å². The van der Waals surface area contributed by atoms with Gasteiger partial charge < -0.3 is 25.2 Å². The Morgan fingerprint density at radius 2 is 1.76 bits per heavy atom. The fourth-order valence-corrected chi connectivity index (χ4v) is 3.65. The van der Waals surface area contributed by atoms with E-state index >= 15 is 0 Å². The van der Waals surface area contributed by atoms with Crippen LogP contribution in [0.4, 0.5) is 14.9 Å². The summed E-state index contributed by atoms with van der Waals surface area (Å²) in [5, 5.41) is 23.2. The van der Waals surface area contributed by atoms with Crippen LogP contribution in [0.25, 0.3) is 11.1 Å². The molecule has 3 aromatic carbocycles. The Morgan fingerprint density at radius 1 is 1.03 bits per heavy atom. The summed E-state index contributed by atoms with van der Waals surface area (Å²) in [6.07, 6.45) is -0.963. The molecular weight excluding hydrogens is 517 g/mol. The SMILES string of the molecule is N#CCOC(=O)[C@H](CO)NC(=O)OCc1ccc(NC(=O)Cc2ccc(F)cc2)cc1-c1ccccc1Cl. The Balaban J connectivity index is 1.75. The zero-order valence-corrected chi connectivity index (χ0v) is 20.7. The van der Waals surface area contributed by atoms with Crippen molar-refractivity contribution in [2.45, 2.75) is 19.1 Å². The number of nitrogens with zero attached hydrogens (tertiary/aromatic N) is 1. The summed E-state index contributed by atoms with van der Waals surface area (Å²) in [6, 6.07) is 17.7. The van der Waals surface area contributed by atoms with E-state index in [4.69, 9.17) is 21.6 Å². The summed E-state index contributed by atoms with van der Waals surface area (Å²) in [6.45, 7) is -1.52. The number of rotatable bonds is 10. The molecule has 0 saturated carbocycles. The van der Waals surface area contributed by atoms with Crippen molar-refractivity contribution in [3.05, 3.63) is 88.7 Å². The highest BCUT2D eigenvalue weighted by Gasteiger charge is 2.22. The first-order valence-corrected chi connectivity index (χ1v) is 11.7. The van der Waals surface area contributed by atoms with Crippen LogP contribution in [0.1, 0.15) is 11.1 Å². The van der Waals surface area contributed by atoms with E-state index in [0.717, 1.165) is 0 Å².